The number of fused-ring (bicyclic) bond motifs is 1. The zero-order valence-corrected chi connectivity index (χ0v) is 15.7. The minimum absolute atomic E-state index is 0.159. The first-order chi connectivity index (χ1) is 13.2. The Morgan fingerprint density at radius 2 is 1.74 bits per heavy atom. The highest BCUT2D eigenvalue weighted by Crippen LogP contribution is 2.21. The van der Waals surface area contributed by atoms with Crippen LogP contribution >= 0.6 is 11.8 Å². The number of likely N-dealkylation sites (tertiary alicyclic amines) is 1. The topological polar surface area (TPSA) is 63.4 Å². The molecule has 140 valence electrons. The van der Waals surface area contributed by atoms with Gasteiger partial charge in [-0.15, -0.1) is 10.2 Å². The van der Waals surface area contributed by atoms with E-state index < -0.39 is 0 Å². The molecule has 6 nitrogen and oxygen atoms in total. The number of thioether (sulfide) groups is 1. The Hall–Kier alpha value is -2.48. The maximum Gasteiger partial charge on any atom is 0.232 e. The van der Waals surface area contributed by atoms with Crippen molar-refractivity contribution >= 4 is 23.3 Å². The van der Waals surface area contributed by atoms with E-state index in [1.807, 2.05) is 17.0 Å². The van der Waals surface area contributed by atoms with E-state index in [4.69, 9.17) is 0 Å². The lowest BCUT2D eigenvalue weighted by Gasteiger charge is -2.19. The molecule has 0 unspecified atom stereocenters. The molecule has 0 saturated carbocycles. The smallest absolute Gasteiger partial charge is 0.232 e. The number of carbonyl (C=O) groups is 1. The number of halogens is 1. The van der Waals surface area contributed by atoms with Gasteiger partial charge < -0.3 is 4.90 Å². The monoisotopic (exact) mass is 385 g/mol. The lowest BCUT2D eigenvalue weighted by Crippen LogP contribution is -2.33. The van der Waals surface area contributed by atoms with E-state index in [0.717, 1.165) is 36.5 Å². The van der Waals surface area contributed by atoms with Gasteiger partial charge in [-0.3, -0.25) is 4.79 Å². The van der Waals surface area contributed by atoms with E-state index in [-0.39, 0.29) is 11.7 Å². The van der Waals surface area contributed by atoms with Crippen molar-refractivity contribution in [3.05, 3.63) is 42.2 Å². The fourth-order valence-electron chi connectivity index (χ4n) is 3.18. The van der Waals surface area contributed by atoms with Crippen LogP contribution in [0.25, 0.3) is 17.0 Å². The molecule has 0 atom stereocenters. The summed E-state index contributed by atoms with van der Waals surface area (Å²) in [5.41, 5.74) is 1.34. The third kappa shape index (κ3) is 4.10. The molecule has 27 heavy (non-hydrogen) atoms. The first-order valence-corrected chi connectivity index (χ1v) is 10.1. The molecule has 1 aliphatic rings. The molecule has 1 aliphatic heterocycles. The molecule has 0 bridgehead atoms. The van der Waals surface area contributed by atoms with E-state index in [1.54, 1.807) is 16.6 Å². The fraction of sp³-hybridized carbons (Fsp3) is 0.368. The van der Waals surface area contributed by atoms with Crippen molar-refractivity contribution in [2.24, 2.45) is 0 Å². The quantitative estimate of drug-likeness (QED) is 0.644. The van der Waals surface area contributed by atoms with E-state index in [1.165, 1.54) is 36.7 Å². The SMILES string of the molecule is O=C(CSc1ccc2nnc(-c3ccc(F)cc3)n2n1)N1CCCCCC1. The molecule has 4 rings (SSSR count). The van der Waals surface area contributed by atoms with Crippen molar-refractivity contribution in [1.82, 2.24) is 24.7 Å². The van der Waals surface area contributed by atoms with Gasteiger partial charge in [0.2, 0.25) is 5.91 Å². The third-order valence-electron chi connectivity index (χ3n) is 4.64. The van der Waals surface area contributed by atoms with E-state index in [9.17, 15) is 9.18 Å². The highest BCUT2D eigenvalue weighted by molar-refractivity contribution is 7.99. The van der Waals surface area contributed by atoms with Crippen LogP contribution in [0.4, 0.5) is 4.39 Å². The molecule has 0 radical (unpaired) electrons. The molecular formula is C19H20FN5OS. The molecule has 3 aromatic rings. The fourth-order valence-corrected chi connectivity index (χ4v) is 3.93. The Labute approximate surface area is 160 Å². The molecule has 1 saturated heterocycles. The third-order valence-corrected chi connectivity index (χ3v) is 5.55. The summed E-state index contributed by atoms with van der Waals surface area (Å²) >= 11 is 1.41. The summed E-state index contributed by atoms with van der Waals surface area (Å²) in [5.74, 6) is 0.772. The van der Waals surface area contributed by atoms with Crippen molar-refractivity contribution in [3.63, 3.8) is 0 Å². The normalized spacial score (nSPS) is 15.1. The molecule has 1 aromatic carbocycles. The van der Waals surface area contributed by atoms with Crippen LogP contribution in [-0.4, -0.2) is 49.5 Å². The van der Waals surface area contributed by atoms with Crippen molar-refractivity contribution in [2.75, 3.05) is 18.8 Å². The van der Waals surface area contributed by atoms with Gasteiger partial charge in [0.15, 0.2) is 11.5 Å². The largest absolute Gasteiger partial charge is 0.342 e. The second-order valence-electron chi connectivity index (χ2n) is 6.56. The maximum atomic E-state index is 13.2. The minimum atomic E-state index is -0.302. The number of aromatic nitrogens is 4. The number of hydrogen-bond donors (Lipinski definition) is 0. The number of carbonyl (C=O) groups excluding carboxylic acids is 1. The average molecular weight is 385 g/mol. The highest BCUT2D eigenvalue weighted by atomic mass is 32.2. The van der Waals surface area contributed by atoms with Gasteiger partial charge in [-0.05, 0) is 49.2 Å². The van der Waals surface area contributed by atoms with Gasteiger partial charge in [0.05, 0.1) is 5.75 Å². The maximum absolute atomic E-state index is 13.2. The van der Waals surface area contributed by atoms with Gasteiger partial charge in [-0.25, -0.2) is 4.39 Å². The van der Waals surface area contributed by atoms with Gasteiger partial charge in [0.1, 0.15) is 10.8 Å². The Bertz CT molecular complexity index is 935. The van der Waals surface area contributed by atoms with Crippen LogP contribution in [0, 0.1) is 5.82 Å². The van der Waals surface area contributed by atoms with Crippen LogP contribution in [0.15, 0.2) is 41.4 Å². The number of rotatable bonds is 4. The van der Waals surface area contributed by atoms with Crippen molar-refractivity contribution in [1.29, 1.82) is 0 Å². The van der Waals surface area contributed by atoms with Crippen LogP contribution in [0.1, 0.15) is 25.7 Å². The standard InChI is InChI=1S/C19H20FN5OS/c20-15-7-5-14(6-8-15)19-22-21-16-9-10-17(23-25(16)19)27-13-18(26)24-11-3-1-2-4-12-24/h5-10H,1-4,11-13H2. The number of amides is 1. The minimum Gasteiger partial charge on any atom is -0.342 e. The summed E-state index contributed by atoms with van der Waals surface area (Å²) in [6.45, 7) is 1.71. The Balaban J connectivity index is 1.50. The molecule has 0 aliphatic carbocycles. The second-order valence-corrected chi connectivity index (χ2v) is 7.55. The summed E-state index contributed by atoms with van der Waals surface area (Å²) in [6, 6.07) is 9.74. The van der Waals surface area contributed by atoms with Gasteiger partial charge >= 0.3 is 0 Å². The van der Waals surface area contributed by atoms with Gasteiger partial charge in [-0.2, -0.15) is 9.61 Å². The van der Waals surface area contributed by atoms with Crippen molar-refractivity contribution < 1.29 is 9.18 Å². The average Bonchev–Trinajstić information content (AvgIpc) is 2.91. The molecule has 8 heteroatoms. The van der Waals surface area contributed by atoms with Crippen molar-refractivity contribution in [2.45, 2.75) is 30.7 Å². The predicted molar refractivity (Wildman–Crippen MR) is 102 cm³/mol. The van der Waals surface area contributed by atoms with Gasteiger partial charge in [-0.1, -0.05) is 24.6 Å². The molecule has 0 N–H and O–H groups in total. The van der Waals surface area contributed by atoms with Gasteiger partial charge in [0, 0.05) is 18.7 Å². The Morgan fingerprint density at radius 3 is 2.48 bits per heavy atom. The lowest BCUT2D eigenvalue weighted by molar-refractivity contribution is -0.128. The molecule has 3 heterocycles. The highest BCUT2D eigenvalue weighted by Gasteiger charge is 2.16. The van der Waals surface area contributed by atoms with Crippen LogP contribution in [0.2, 0.25) is 0 Å². The summed E-state index contributed by atoms with van der Waals surface area (Å²) in [5, 5.41) is 13.6. The second kappa shape index (κ2) is 8.04. The number of nitrogens with zero attached hydrogens (tertiary/aromatic N) is 5. The lowest BCUT2D eigenvalue weighted by atomic mass is 10.2. The van der Waals surface area contributed by atoms with Crippen LogP contribution in [-0.2, 0) is 4.79 Å². The number of benzene rings is 1. The summed E-state index contributed by atoms with van der Waals surface area (Å²) < 4.78 is 14.8. The predicted octanol–water partition coefficient (Wildman–Crippen LogP) is 3.43. The zero-order chi connectivity index (χ0) is 18.6. The van der Waals surface area contributed by atoms with Crippen LogP contribution in [0.5, 0.6) is 0 Å². The Morgan fingerprint density at radius 1 is 1.00 bits per heavy atom. The van der Waals surface area contributed by atoms with Gasteiger partial charge in [0.25, 0.3) is 0 Å². The van der Waals surface area contributed by atoms with E-state index in [2.05, 4.69) is 15.3 Å². The molecular weight excluding hydrogens is 365 g/mol. The van der Waals surface area contributed by atoms with E-state index in [0.29, 0.717) is 17.2 Å². The zero-order valence-electron chi connectivity index (χ0n) is 14.8. The molecule has 1 amide bonds. The van der Waals surface area contributed by atoms with E-state index >= 15 is 0 Å². The van der Waals surface area contributed by atoms with Crippen LogP contribution < -0.4 is 0 Å². The summed E-state index contributed by atoms with van der Waals surface area (Å²) in [4.78, 5) is 14.4. The first-order valence-electron chi connectivity index (χ1n) is 9.10. The molecule has 2 aromatic heterocycles. The van der Waals surface area contributed by atoms with Crippen molar-refractivity contribution in [3.8, 4) is 11.4 Å². The first kappa shape index (κ1) is 17.9. The molecule has 1 fully saturated rings. The summed E-state index contributed by atoms with van der Waals surface area (Å²) in [6.07, 6.45) is 4.58. The Kier molecular flexibility index (Phi) is 5.33. The summed E-state index contributed by atoms with van der Waals surface area (Å²) in [7, 11) is 0. The number of hydrogen-bond acceptors (Lipinski definition) is 5. The van der Waals surface area contributed by atoms with Crippen LogP contribution in [0.3, 0.4) is 0 Å². The molecule has 0 spiro atoms.